The summed E-state index contributed by atoms with van der Waals surface area (Å²) in [7, 11) is 0. The Labute approximate surface area is 188 Å². The first-order valence-corrected chi connectivity index (χ1v) is 11.9. The number of fused-ring (bicyclic) bond motifs is 1. The van der Waals surface area contributed by atoms with E-state index in [0.717, 1.165) is 24.0 Å². The van der Waals surface area contributed by atoms with Crippen LogP contribution < -0.4 is 5.56 Å². The summed E-state index contributed by atoms with van der Waals surface area (Å²) in [6.45, 7) is 2.41. The van der Waals surface area contributed by atoms with E-state index in [0.29, 0.717) is 22.0 Å². The van der Waals surface area contributed by atoms with Crippen LogP contribution in [0.5, 0.6) is 0 Å². The highest BCUT2D eigenvalue weighted by atomic mass is 32.2. The topological polar surface area (TPSA) is 72.0 Å². The zero-order valence-electron chi connectivity index (χ0n) is 17.1. The maximum absolute atomic E-state index is 12.7. The van der Waals surface area contributed by atoms with Gasteiger partial charge in [0.1, 0.15) is 4.83 Å². The molecule has 2 aromatic carbocycles. The number of aryl methyl sites for hydroxylation is 2. The molecule has 2 aromatic heterocycles. The Morgan fingerprint density at radius 2 is 1.90 bits per heavy atom. The van der Waals surface area contributed by atoms with Gasteiger partial charge in [-0.25, -0.2) is 4.98 Å². The second-order valence-corrected chi connectivity index (χ2v) is 8.99. The quantitative estimate of drug-likeness (QED) is 0.172. The standard InChI is InChI=1S/C24H22N2O3S2/c1-16-9-11-18(12-10-16)19-14-30-23-21(19)22(28)25-24(26-23)31-15-20(27)29-13-5-8-17-6-3-2-4-7-17/h2-4,6-7,9-12,14H,5,8,13,15H2,1H3,(H,25,26,28). The van der Waals surface area contributed by atoms with E-state index in [1.165, 1.54) is 34.2 Å². The smallest absolute Gasteiger partial charge is 0.316 e. The monoisotopic (exact) mass is 450 g/mol. The van der Waals surface area contributed by atoms with E-state index < -0.39 is 0 Å². The average Bonchev–Trinajstić information content (AvgIpc) is 3.21. The number of aromatic nitrogens is 2. The molecule has 0 amide bonds. The van der Waals surface area contributed by atoms with Gasteiger partial charge in [-0.1, -0.05) is 71.9 Å². The minimum atomic E-state index is -0.313. The Hall–Kier alpha value is -2.90. The molecule has 0 unspecified atom stereocenters. The molecule has 0 spiro atoms. The molecule has 0 aliphatic rings. The van der Waals surface area contributed by atoms with Crippen LogP contribution in [0, 0.1) is 6.92 Å². The second-order valence-electron chi connectivity index (χ2n) is 7.16. The molecule has 0 bridgehead atoms. The number of rotatable bonds is 8. The molecule has 0 atom stereocenters. The lowest BCUT2D eigenvalue weighted by molar-refractivity contribution is -0.140. The van der Waals surface area contributed by atoms with E-state index in [2.05, 4.69) is 22.1 Å². The minimum absolute atomic E-state index is 0.107. The number of esters is 1. The fourth-order valence-electron chi connectivity index (χ4n) is 3.22. The number of thioether (sulfide) groups is 1. The number of hydrogen-bond acceptors (Lipinski definition) is 6. The second kappa shape index (κ2) is 9.94. The third kappa shape index (κ3) is 5.42. The molecule has 0 fully saturated rings. The van der Waals surface area contributed by atoms with E-state index in [1.807, 2.05) is 54.8 Å². The molecule has 0 aliphatic heterocycles. The van der Waals surface area contributed by atoms with Gasteiger partial charge in [0.2, 0.25) is 0 Å². The van der Waals surface area contributed by atoms with E-state index in [9.17, 15) is 9.59 Å². The first kappa shape index (κ1) is 21.3. The van der Waals surface area contributed by atoms with E-state index in [4.69, 9.17) is 4.74 Å². The third-order valence-corrected chi connectivity index (χ3v) is 6.55. The van der Waals surface area contributed by atoms with Gasteiger partial charge in [-0.2, -0.15) is 0 Å². The number of aromatic amines is 1. The van der Waals surface area contributed by atoms with Gasteiger partial charge in [-0.15, -0.1) is 11.3 Å². The number of hydrogen-bond donors (Lipinski definition) is 1. The summed E-state index contributed by atoms with van der Waals surface area (Å²) in [6.07, 6.45) is 1.65. The Balaban J connectivity index is 1.34. The van der Waals surface area contributed by atoms with Crippen molar-refractivity contribution in [2.45, 2.75) is 24.9 Å². The molecule has 1 N–H and O–H groups in total. The normalized spacial score (nSPS) is 11.0. The van der Waals surface area contributed by atoms with Crippen molar-refractivity contribution in [3.63, 3.8) is 0 Å². The lowest BCUT2D eigenvalue weighted by atomic mass is 10.1. The molecular formula is C24H22N2O3S2. The molecule has 0 saturated heterocycles. The number of carbonyl (C=O) groups is 1. The summed E-state index contributed by atoms with van der Waals surface area (Å²) in [6, 6.07) is 18.2. The summed E-state index contributed by atoms with van der Waals surface area (Å²) in [5.41, 5.74) is 4.07. The van der Waals surface area contributed by atoms with Gasteiger partial charge < -0.3 is 9.72 Å². The highest BCUT2D eigenvalue weighted by Crippen LogP contribution is 2.31. The van der Waals surface area contributed by atoms with Crippen molar-refractivity contribution >= 4 is 39.3 Å². The van der Waals surface area contributed by atoms with Gasteiger partial charge in [-0.3, -0.25) is 9.59 Å². The van der Waals surface area contributed by atoms with E-state index >= 15 is 0 Å². The predicted octanol–water partition coefficient (Wildman–Crippen LogP) is 5.23. The van der Waals surface area contributed by atoms with Crippen molar-refractivity contribution in [2.24, 2.45) is 0 Å². The Bertz CT molecular complexity index is 1230. The maximum Gasteiger partial charge on any atom is 0.316 e. The average molecular weight is 451 g/mol. The Kier molecular flexibility index (Phi) is 6.84. The van der Waals surface area contributed by atoms with Crippen LogP contribution in [0.3, 0.4) is 0 Å². The Morgan fingerprint density at radius 3 is 2.68 bits per heavy atom. The third-order valence-electron chi connectivity index (χ3n) is 4.83. The summed E-state index contributed by atoms with van der Waals surface area (Å²) in [5.74, 6) is -0.206. The number of nitrogens with zero attached hydrogens (tertiary/aromatic N) is 1. The van der Waals surface area contributed by atoms with Gasteiger partial charge in [0.25, 0.3) is 5.56 Å². The molecule has 4 aromatic rings. The lowest BCUT2D eigenvalue weighted by Gasteiger charge is -2.05. The number of benzene rings is 2. The van der Waals surface area contributed by atoms with Crippen molar-refractivity contribution in [2.75, 3.05) is 12.4 Å². The van der Waals surface area contributed by atoms with Crippen LogP contribution >= 0.6 is 23.1 Å². The van der Waals surface area contributed by atoms with Crippen LogP contribution in [0.25, 0.3) is 21.3 Å². The molecule has 7 heteroatoms. The molecule has 4 rings (SSSR count). The Morgan fingerprint density at radius 1 is 1.13 bits per heavy atom. The fourth-order valence-corrected chi connectivity index (χ4v) is 4.88. The van der Waals surface area contributed by atoms with Crippen LogP contribution in [-0.2, 0) is 16.0 Å². The number of nitrogens with one attached hydrogen (secondary N) is 1. The van der Waals surface area contributed by atoms with Gasteiger partial charge in [0, 0.05) is 10.9 Å². The molecule has 0 aliphatic carbocycles. The van der Waals surface area contributed by atoms with Crippen molar-refractivity contribution in [3.8, 4) is 11.1 Å². The van der Waals surface area contributed by atoms with Crippen LogP contribution in [0.15, 0.2) is 69.9 Å². The molecule has 0 radical (unpaired) electrons. The van der Waals surface area contributed by atoms with Gasteiger partial charge in [0.05, 0.1) is 17.7 Å². The number of carbonyl (C=O) groups excluding carboxylic acids is 1. The summed E-state index contributed by atoms with van der Waals surface area (Å²) >= 11 is 2.61. The molecule has 5 nitrogen and oxygen atoms in total. The lowest BCUT2D eigenvalue weighted by Crippen LogP contribution is -2.12. The SMILES string of the molecule is Cc1ccc(-c2csc3nc(SCC(=O)OCCCc4ccccc4)[nH]c(=O)c23)cc1. The van der Waals surface area contributed by atoms with Crippen LogP contribution in [0.1, 0.15) is 17.5 Å². The van der Waals surface area contributed by atoms with E-state index in [-0.39, 0.29) is 17.3 Å². The number of ether oxygens (including phenoxy) is 1. The van der Waals surface area contributed by atoms with Gasteiger partial charge >= 0.3 is 5.97 Å². The molecule has 31 heavy (non-hydrogen) atoms. The number of thiophene rings is 1. The summed E-state index contributed by atoms with van der Waals surface area (Å²) in [5, 5.41) is 2.96. The van der Waals surface area contributed by atoms with Crippen molar-refractivity contribution in [1.82, 2.24) is 9.97 Å². The van der Waals surface area contributed by atoms with Crippen LogP contribution in [0.4, 0.5) is 0 Å². The molecular weight excluding hydrogens is 428 g/mol. The molecule has 0 saturated carbocycles. The molecule has 158 valence electrons. The first-order valence-electron chi connectivity index (χ1n) is 10.0. The van der Waals surface area contributed by atoms with Crippen molar-refractivity contribution in [3.05, 3.63) is 81.5 Å². The summed E-state index contributed by atoms with van der Waals surface area (Å²) < 4.78 is 5.30. The van der Waals surface area contributed by atoms with Crippen molar-refractivity contribution in [1.29, 1.82) is 0 Å². The maximum atomic E-state index is 12.7. The predicted molar refractivity (Wildman–Crippen MR) is 127 cm³/mol. The van der Waals surface area contributed by atoms with Crippen LogP contribution in [0.2, 0.25) is 0 Å². The zero-order chi connectivity index (χ0) is 21.6. The number of H-pyrrole nitrogens is 1. The minimum Gasteiger partial charge on any atom is -0.465 e. The van der Waals surface area contributed by atoms with E-state index in [1.54, 1.807) is 0 Å². The van der Waals surface area contributed by atoms with Crippen LogP contribution in [-0.4, -0.2) is 28.3 Å². The highest BCUT2D eigenvalue weighted by molar-refractivity contribution is 7.99. The fraction of sp³-hybridized carbons (Fsp3) is 0.208. The highest BCUT2D eigenvalue weighted by Gasteiger charge is 2.14. The van der Waals surface area contributed by atoms with Gasteiger partial charge in [-0.05, 0) is 30.9 Å². The zero-order valence-corrected chi connectivity index (χ0v) is 18.7. The largest absolute Gasteiger partial charge is 0.465 e. The molecule has 2 heterocycles. The first-order chi connectivity index (χ1) is 15.1. The van der Waals surface area contributed by atoms with Crippen molar-refractivity contribution < 1.29 is 9.53 Å². The van der Waals surface area contributed by atoms with Gasteiger partial charge in [0.15, 0.2) is 5.16 Å². The summed E-state index contributed by atoms with van der Waals surface area (Å²) in [4.78, 5) is 32.7.